The van der Waals surface area contributed by atoms with Gasteiger partial charge < -0.3 is 9.80 Å². The summed E-state index contributed by atoms with van der Waals surface area (Å²) in [5, 5.41) is 0. The number of benzene rings is 1. The van der Waals surface area contributed by atoms with E-state index < -0.39 is 0 Å². The summed E-state index contributed by atoms with van der Waals surface area (Å²) in [7, 11) is 0. The molecule has 31 heavy (non-hydrogen) atoms. The van der Waals surface area contributed by atoms with E-state index in [-0.39, 0.29) is 5.91 Å². The smallest absolute Gasteiger partial charge is 0.253 e. The minimum Gasteiger partial charge on any atom is -0.354 e. The highest BCUT2D eigenvalue weighted by Gasteiger charge is 2.36. The number of carbonyl (C=O) groups is 1. The molecule has 3 heterocycles. The van der Waals surface area contributed by atoms with E-state index >= 15 is 0 Å². The average molecular weight is 419 g/mol. The maximum atomic E-state index is 12.9. The van der Waals surface area contributed by atoms with Crippen LogP contribution in [0.2, 0.25) is 0 Å². The molecule has 3 aliphatic rings. The van der Waals surface area contributed by atoms with Crippen molar-refractivity contribution in [3.63, 3.8) is 0 Å². The predicted octanol–water partition coefficient (Wildman–Crippen LogP) is 4.08. The molecule has 0 spiro atoms. The van der Waals surface area contributed by atoms with Gasteiger partial charge in [0.1, 0.15) is 5.82 Å². The van der Waals surface area contributed by atoms with E-state index in [1.54, 1.807) is 0 Å². The van der Waals surface area contributed by atoms with E-state index in [0.29, 0.717) is 12.0 Å². The third-order valence-electron chi connectivity index (χ3n) is 7.44. The first-order valence-corrected chi connectivity index (χ1v) is 12.0. The first-order chi connectivity index (χ1) is 15.2. The molecule has 5 heteroatoms. The number of aryl methyl sites for hydroxylation is 1. The zero-order valence-electron chi connectivity index (χ0n) is 18.7. The summed E-state index contributed by atoms with van der Waals surface area (Å²) in [6.45, 7) is 7.91. The van der Waals surface area contributed by atoms with Crippen LogP contribution in [0.4, 0.5) is 5.82 Å². The Bertz CT molecular complexity index is 892. The minimum atomic E-state index is 0.189. The van der Waals surface area contributed by atoms with Gasteiger partial charge in [0.15, 0.2) is 0 Å². The first-order valence-electron chi connectivity index (χ1n) is 12.0. The molecule has 0 N–H and O–H groups in total. The van der Waals surface area contributed by atoms with Crippen molar-refractivity contribution in [2.75, 3.05) is 44.2 Å². The minimum absolute atomic E-state index is 0.189. The fourth-order valence-electron chi connectivity index (χ4n) is 5.38. The zero-order chi connectivity index (χ0) is 21.2. The molecule has 1 amide bonds. The molecular formula is C26H34N4O. The van der Waals surface area contributed by atoms with E-state index in [0.717, 1.165) is 50.6 Å². The van der Waals surface area contributed by atoms with Crippen LogP contribution in [0.25, 0.3) is 0 Å². The van der Waals surface area contributed by atoms with E-state index in [1.807, 2.05) is 29.3 Å². The third kappa shape index (κ3) is 4.47. The van der Waals surface area contributed by atoms with Crippen LogP contribution >= 0.6 is 0 Å². The Morgan fingerprint density at radius 2 is 1.65 bits per heavy atom. The lowest BCUT2D eigenvalue weighted by atomic mass is 9.84. The Labute approximate surface area is 186 Å². The van der Waals surface area contributed by atoms with E-state index in [1.165, 1.54) is 43.2 Å². The fraction of sp³-hybridized carbons (Fsp3) is 0.538. The van der Waals surface area contributed by atoms with Crippen molar-refractivity contribution >= 4 is 11.7 Å². The Morgan fingerprint density at radius 3 is 2.32 bits per heavy atom. The highest BCUT2D eigenvalue weighted by molar-refractivity contribution is 5.94. The molecule has 5 nitrogen and oxygen atoms in total. The normalized spacial score (nSPS) is 21.2. The SMILES string of the molecule is Cc1ccnc(N2CCN(C3CN(C(=O)c4ccc(C5CCCCC5)cc4)C3)CC2)c1. The Kier molecular flexibility index (Phi) is 5.95. The largest absolute Gasteiger partial charge is 0.354 e. The van der Waals surface area contributed by atoms with Crippen LogP contribution in [-0.4, -0.2) is 66.0 Å². The van der Waals surface area contributed by atoms with Crippen molar-refractivity contribution < 1.29 is 4.79 Å². The molecule has 1 aliphatic carbocycles. The maximum absolute atomic E-state index is 12.9. The summed E-state index contributed by atoms with van der Waals surface area (Å²) in [6, 6.07) is 13.2. The first kappa shape index (κ1) is 20.5. The van der Waals surface area contributed by atoms with E-state index in [9.17, 15) is 4.79 Å². The predicted molar refractivity (Wildman–Crippen MR) is 125 cm³/mol. The molecule has 1 saturated carbocycles. The van der Waals surface area contributed by atoms with Crippen LogP contribution in [0.5, 0.6) is 0 Å². The summed E-state index contributed by atoms with van der Waals surface area (Å²) in [6.07, 6.45) is 8.56. The summed E-state index contributed by atoms with van der Waals surface area (Å²) in [5.74, 6) is 1.97. The highest BCUT2D eigenvalue weighted by Crippen LogP contribution is 2.32. The van der Waals surface area contributed by atoms with Crippen LogP contribution in [0.15, 0.2) is 42.6 Å². The van der Waals surface area contributed by atoms with Crippen LogP contribution in [0.3, 0.4) is 0 Å². The number of nitrogens with zero attached hydrogens (tertiary/aromatic N) is 4. The van der Waals surface area contributed by atoms with Gasteiger partial charge in [-0.3, -0.25) is 9.69 Å². The number of anilines is 1. The molecule has 0 atom stereocenters. The molecule has 5 rings (SSSR count). The van der Waals surface area contributed by atoms with Crippen molar-refractivity contribution in [1.82, 2.24) is 14.8 Å². The number of likely N-dealkylation sites (tertiary alicyclic amines) is 1. The van der Waals surface area contributed by atoms with Crippen molar-refractivity contribution in [3.8, 4) is 0 Å². The Hall–Kier alpha value is -2.40. The van der Waals surface area contributed by atoms with Gasteiger partial charge in [-0.05, 0) is 61.1 Å². The second-order valence-electron chi connectivity index (χ2n) is 9.54. The van der Waals surface area contributed by atoms with Gasteiger partial charge in [0.2, 0.25) is 0 Å². The van der Waals surface area contributed by atoms with Crippen LogP contribution in [0.1, 0.15) is 59.5 Å². The van der Waals surface area contributed by atoms with Gasteiger partial charge >= 0.3 is 0 Å². The molecule has 2 aromatic rings. The standard InChI is InChI=1S/C26H34N4O/c1-20-11-12-27-25(17-20)29-15-13-28(14-16-29)24-18-30(19-24)26(31)23-9-7-22(8-10-23)21-5-3-2-4-6-21/h7-12,17,21,24H,2-6,13-16,18-19H2,1H3. The molecule has 0 radical (unpaired) electrons. The van der Waals surface area contributed by atoms with E-state index in [2.05, 4.69) is 39.9 Å². The molecule has 2 aliphatic heterocycles. The molecule has 2 saturated heterocycles. The number of carbonyl (C=O) groups excluding carboxylic acids is 1. The van der Waals surface area contributed by atoms with Crippen molar-refractivity contribution in [2.24, 2.45) is 0 Å². The van der Waals surface area contributed by atoms with E-state index in [4.69, 9.17) is 0 Å². The monoisotopic (exact) mass is 418 g/mol. The Morgan fingerprint density at radius 1 is 0.935 bits per heavy atom. The van der Waals surface area contributed by atoms with Gasteiger partial charge in [-0.2, -0.15) is 0 Å². The molecule has 0 bridgehead atoms. The van der Waals surface area contributed by atoms with Crippen molar-refractivity contribution in [1.29, 1.82) is 0 Å². The number of pyridine rings is 1. The molecule has 0 unspecified atom stereocenters. The summed E-state index contributed by atoms with van der Waals surface area (Å²) in [5.41, 5.74) is 3.51. The lowest BCUT2D eigenvalue weighted by Gasteiger charge is -2.48. The van der Waals surface area contributed by atoms with Crippen LogP contribution < -0.4 is 4.90 Å². The second-order valence-corrected chi connectivity index (χ2v) is 9.54. The number of amides is 1. The lowest BCUT2D eigenvalue weighted by molar-refractivity contribution is 0.0246. The number of rotatable bonds is 4. The zero-order valence-corrected chi connectivity index (χ0v) is 18.7. The highest BCUT2D eigenvalue weighted by atomic mass is 16.2. The molecule has 164 valence electrons. The molecule has 3 fully saturated rings. The van der Waals surface area contributed by atoms with Crippen LogP contribution in [0, 0.1) is 6.92 Å². The molecule has 1 aromatic carbocycles. The maximum Gasteiger partial charge on any atom is 0.253 e. The topological polar surface area (TPSA) is 39.7 Å². The number of hydrogen-bond donors (Lipinski definition) is 0. The average Bonchev–Trinajstić information content (AvgIpc) is 2.79. The number of aromatic nitrogens is 1. The molecule has 1 aromatic heterocycles. The van der Waals surface area contributed by atoms with Gasteiger partial charge in [-0.15, -0.1) is 0 Å². The Balaban J connectivity index is 1.10. The number of hydrogen-bond acceptors (Lipinski definition) is 4. The van der Waals surface area contributed by atoms with Crippen LogP contribution in [-0.2, 0) is 0 Å². The van der Waals surface area contributed by atoms with Gasteiger partial charge in [0.25, 0.3) is 5.91 Å². The molecular weight excluding hydrogens is 384 g/mol. The van der Waals surface area contributed by atoms with Gasteiger partial charge in [0, 0.05) is 57.1 Å². The fourth-order valence-corrected chi connectivity index (χ4v) is 5.38. The van der Waals surface area contributed by atoms with Gasteiger partial charge in [0.05, 0.1) is 0 Å². The summed E-state index contributed by atoms with van der Waals surface area (Å²) < 4.78 is 0. The lowest BCUT2D eigenvalue weighted by Crippen LogP contribution is -2.64. The summed E-state index contributed by atoms with van der Waals surface area (Å²) in [4.78, 5) is 24.4. The second kappa shape index (κ2) is 8.99. The number of piperazine rings is 1. The van der Waals surface area contributed by atoms with Gasteiger partial charge in [-0.1, -0.05) is 31.4 Å². The van der Waals surface area contributed by atoms with Crippen molar-refractivity contribution in [2.45, 2.75) is 51.0 Å². The van der Waals surface area contributed by atoms with Gasteiger partial charge in [-0.25, -0.2) is 4.98 Å². The quantitative estimate of drug-likeness (QED) is 0.750. The van der Waals surface area contributed by atoms with Crippen molar-refractivity contribution in [3.05, 3.63) is 59.3 Å². The third-order valence-corrected chi connectivity index (χ3v) is 7.44. The summed E-state index contributed by atoms with van der Waals surface area (Å²) >= 11 is 0.